The molecule has 1 aliphatic rings. The number of halogens is 1. The Morgan fingerprint density at radius 2 is 2.05 bits per heavy atom. The quantitative estimate of drug-likeness (QED) is 0.686. The van der Waals surface area contributed by atoms with Crippen LogP contribution in [-0.2, 0) is 13.8 Å². The fraction of sp³-hybridized carbons (Fsp3) is 0.615. The molecule has 0 aromatic carbocycles. The number of rotatable bonds is 3. The largest absolute Gasteiger partial charge is 0.458 e. The molecule has 1 aromatic heterocycles. The van der Waals surface area contributed by atoms with E-state index in [0.717, 1.165) is 19.3 Å². The van der Waals surface area contributed by atoms with Gasteiger partial charge in [-0.15, -0.1) is 0 Å². The lowest BCUT2D eigenvalue weighted by Crippen LogP contribution is -2.28. The first-order valence-corrected chi connectivity index (χ1v) is 8.92. The van der Waals surface area contributed by atoms with Gasteiger partial charge >= 0.3 is 5.97 Å². The maximum absolute atomic E-state index is 12.0. The van der Waals surface area contributed by atoms with Gasteiger partial charge in [-0.25, -0.2) is 13.2 Å². The number of hydrogen-bond donors (Lipinski definition) is 1. The van der Waals surface area contributed by atoms with Gasteiger partial charge in [-0.3, -0.25) is 0 Å². The Morgan fingerprint density at radius 1 is 1.35 bits per heavy atom. The van der Waals surface area contributed by atoms with Crippen molar-refractivity contribution in [2.24, 2.45) is 11.8 Å². The molecule has 0 radical (unpaired) electrons. The van der Waals surface area contributed by atoms with E-state index in [-0.39, 0.29) is 16.7 Å². The van der Waals surface area contributed by atoms with Gasteiger partial charge in [0.15, 0.2) is 0 Å². The molecule has 7 heteroatoms. The third-order valence-corrected chi connectivity index (χ3v) is 5.32. The molecule has 1 aromatic rings. The van der Waals surface area contributed by atoms with Crippen molar-refractivity contribution in [3.63, 3.8) is 0 Å². The Morgan fingerprint density at radius 3 is 2.60 bits per heavy atom. The molecule has 3 atom stereocenters. The molecule has 0 amide bonds. The highest BCUT2D eigenvalue weighted by atomic mass is 35.7. The molecule has 20 heavy (non-hydrogen) atoms. The fourth-order valence-corrected chi connectivity index (χ4v) is 3.18. The molecule has 0 aliphatic heterocycles. The summed E-state index contributed by atoms with van der Waals surface area (Å²) in [6, 6.07) is 1.19. The van der Waals surface area contributed by atoms with Gasteiger partial charge in [0.25, 0.3) is 9.05 Å². The highest BCUT2D eigenvalue weighted by molar-refractivity contribution is 8.13. The molecular formula is C13H18ClNO4S. The van der Waals surface area contributed by atoms with Crippen molar-refractivity contribution in [3.05, 3.63) is 18.0 Å². The average molecular weight is 320 g/mol. The fourth-order valence-electron chi connectivity index (χ4n) is 2.45. The minimum atomic E-state index is -3.83. The molecule has 3 unspecified atom stereocenters. The van der Waals surface area contributed by atoms with Crippen molar-refractivity contribution in [2.75, 3.05) is 0 Å². The minimum absolute atomic E-state index is 0.104. The lowest BCUT2D eigenvalue weighted by Gasteiger charge is -2.31. The van der Waals surface area contributed by atoms with E-state index < -0.39 is 15.0 Å². The van der Waals surface area contributed by atoms with Gasteiger partial charge < -0.3 is 9.72 Å². The van der Waals surface area contributed by atoms with E-state index in [1.54, 1.807) is 0 Å². The first-order valence-electron chi connectivity index (χ1n) is 6.61. The number of hydrogen-bond acceptors (Lipinski definition) is 4. The molecular weight excluding hydrogens is 302 g/mol. The van der Waals surface area contributed by atoms with E-state index in [9.17, 15) is 13.2 Å². The first-order chi connectivity index (χ1) is 9.27. The summed E-state index contributed by atoms with van der Waals surface area (Å²) in [5, 5.41) is 0. The Hall–Kier alpha value is -1.01. The number of H-pyrrole nitrogens is 1. The maximum Gasteiger partial charge on any atom is 0.355 e. The number of aromatic amines is 1. The SMILES string of the molecule is CC1CCC(OC(=O)c2cc(S(=O)(=O)Cl)c[nH]2)CC1C. The summed E-state index contributed by atoms with van der Waals surface area (Å²) in [6.45, 7) is 4.35. The minimum Gasteiger partial charge on any atom is -0.458 e. The standard InChI is InChI=1S/C13H18ClNO4S/c1-8-3-4-10(5-9(8)2)19-13(16)12-6-11(7-15-12)20(14,17)18/h6-10,15H,3-5H2,1-2H3. The predicted molar refractivity (Wildman–Crippen MR) is 75.2 cm³/mol. The highest BCUT2D eigenvalue weighted by Gasteiger charge is 2.28. The number of esters is 1. The topological polar surface area (TPSA) is 76.2 Å². The van der Waals surface area contributed by atoms with Crippen LogP contribution in [0.2, 0.25) is 0 Å². The lowest BCUT2D eigenvalue weighted by molar-refractivity contribution is 0.00824. The molecule has 1 saturated carbocycles. The van der Waals surface area contributed by atoms with Crippen LogP contribution in [0.5, 0.6) is 0 Å². The van der Waals surface area contributed by atoms with Gasteiger partial charge in [-0.2, -0.15) is 0 Å². The maximum atomic E-state index is 12.0. The third kappa shape index (κ3) is 3.55. The van der Waals surface area contributed by atoms with Crippen LogP contribution in [0.15, 0.2) is 17.2 Å². The van der Waals surface area contributed by atoms with Crippen LogP contribution in [0.4, 0.5) is 0 Å². The smallest absolute Gasteiger partial charge is 0.355 e. The van der Waals surface area contributed by atoms with Crippen LogP contribution in [0.1, 0.15) is 43.6 Å². The first kappa shape index (κ1) is 15.4. The van der Waals surface area contributed by atoms with Crippen LogP contribution < -0.4 is 0 Å². The Kier molecular flexibility index (Phi) is 4.44. The zero-order chi connectivity index (χ0) is 14.9. The van der Waals surface area contributed by atoms with Crippen LogP contribution >= 0.6 is 10.7 Å². The summed E-state index contributed by atoms with van der Waals surface area (Å²) in [5.41, 5.74) is 0.107. The van der Waals surface area contributed by atoms with Crippen molar-refractivity contribution in [1.82, 2.24) is 4.98 Å². The highest BCUT2D eigenvalue weighted by Crippen LogP contribution is 2.31. The monoisotopic (exact) mass is 319 g/mol. The van der Waals surface area contributed by atoms with E-state index in [4.69, 9.17) is 15.4 Å². The number of carbonyl (C=O) groups is 1. The average Bonchev–Trinajstić information content (AvgIpc) is 2.83. The van der Waals surface area contributed by atoms with E-state index in [1.165, 1.54) is 12.3 Å². The summed E-state index contributed by atoms with van der Waals surface area (Å²) in [4.78, 5) is 14.4. The Balaban J connectivity index is 2.00. The van der Waals surface area contributed by atoms with Crippen molar-refractivity contribution in [1.29, 1.82) is 0 Å². The van der Waals surface area contributed by atoms with Gasteiger partial charge in [0.05, 0.1) is 0 Å². The van der Waals surface area contributed by atoms with Crippen LogP contribution in [0, 0.1) is 11.8 Å². The molecule has 1 heterocycles. The van der Waals surface area contributed by atoms with E-state index in [2.05, 4.69) is 18.8 Å². The van der Waals surface area contributed by atoms with Crippen molar-refractivity contribution in [3.8, 4) is 0 Å². The van der Waals surface area contributed by atoms with Gasteiger partial charge in [-0.05, 0) is 37.2 Å². The van der Waals surface area contributed by atoms with E-state index in [1.807, 2.05) is 0 Å². The van der Waals surface area contributed by atoms with Crippen molar-refractivity contribution < 1.29 is 17.9 Å². The summed E-state index contributed by atoms with van der Waals surface area (Å²) in [6.07, 6.45) is 3.80. The number of ether oxygens (including phenoxy) is 1. The zero-order valence-corrected chi connectivity index (χ0v) is 13.0. The molecule has 0 spiro atoms. The third-order valence-electron chi connectivity index (χ3n) is 3.98. The van der Waals surface area contributed by atoms with Gasteiger partial charge in [0, 0.05) is 16.9 Å². The molecule has 1 fully saturated rings. The second kappa shape index (κ2) is 5.77. The second-order valence-corrected chi connectivity index (χ2v) is 8.05. The Bertz CT molecular complexity index is 595. The predicted octanol–water partition coefficient (Wildman–Crippen LogP) is 2.92. The molecule has 5 nitrogen and oxygen atoms in total. The molecule has 2 rings (SSSR count). The van der Waals surface area contributed by atoms with Crippen LogP contribution in [-0.4, -0.2) is 25.5 Å². The van der Waals surface area contributed by atoms with E-state index in [0.29, 0.717) is 11.8 Å². The molecule has 1 aliphatic carbocycles. The zero-order valence-electron chi connectivity index (χ0n) is 11.4. The van der Waals surface area contributed by atoms with Gasteiger partial charge in [-0.1, -0.05) is 13.8 Å². The number of nitrogens with one attached hydrogen (secondary N) is 1. The summed E-state index contributed by atoms with van der Waals surface area (Å²) < 4.78 is 27.7. The van der Waals surface area contributed by atoms with Gasteiger partial charge in [0.2, 0.25) is 0 Å². The van der Waals surface area contributed by atoms with Gasteiger partial charge in [0.1, 0.15) is 16.7 Å². The van der Waals surface area contributed by atoms with E-state index >= 15 is 0 Å². The normalized spacial score (nSPS) is 27.2. The summed E-state index contributed by atoms with van der Waals surface area (Å²) in [7, 11) is 1.37. The van der Waals surface area contributed by atoms with Crippen LogP contribution in [0.25, 0.3) is 0 Å². The summed E-state index contributed by atoms with van der Waals surface area (Å²) in [5.74, 6) is 0.621. The molecule has 1 N–H and O–H groups in total. The van der Waals surface area contributed by atoms with Crippen molar-refractivity contribution in [2.45, 2.75) is 44.1 Å². The number of aromatic nitrogens is 1. The summed E-state index contributed by atoms with van der Waals surface area (Å²) >= 11 is 0. The molecule has 0 saturated heterocycles. The van der Waals surface area contributed by atoms with Crippen molar-refractivity contribution >= 4 is 25.7 Å². The Labute approximate surface area is 123 Å². The molecule has 0 bridgehead atoms. The number of carbonyl (C=O) groups excluding carboxylic acids is 1. The van der Waals surface area contributed by atoms with Crippen LogP contribution in [0.3, 0.4) is 0 Å². The molecule has 112 valence electrons. The second-order valence-electron chi connectivity index (χ2n) is 5.48. The lowest BCUT2D eigenvalue weighted by atomic mass is 9.80.